The summed E-state index contributed by atoms with van der Waals surface area (Å²) in [7, 11) is 1.79. The van der Waals surface area contributed by atoms with Crippen molar-refractivity contribution in [1.29, 1.82) is 0 Å². The topological polar surface area (TPSA) is 103 Å². The third-order valence-electron chi connectivity index (χ3n) is 3.76. The minimum absolute atomic E-state index is 0.0912. The fraction of sp³-hybridized carbons (Fsp3) is 0.111. The summed E-state index contributed by atoms with van der Waals surface area (Å²) in [6, 6.07) is 14.5. The molecule has 7 nitrogen and oxygen atoms in total. The van der Waals surface area contributed by atoms with Gasteiger partial charge in [-0.2, -0.15) is 5.10 Å². The lowest BCUT2D eigenvalue weighted by molar-refractivity contribution is 0.0991. The van der Waals surface area contributed by atoms with E-state index in [1.54, 1.807) is 23.9 Å². The van der Waals surface area contributed by atoms with Gasteiger partial charge in [-0.15, -0.1) is 0 Å². The molecule has 3 rings (SSSR count). The van der Waals surface area contributed by atoms with E-state index in [-0.39, 0.29) is 17.4 Å². The molecule has 0 aliphatic heterocycles. The lowest BCUT2D eigenvalue weighted by atomic mass is 10.1. The molecule has 3 N–H and O–H groups in total. The van der Waals surface area contributed by atoms with E-state index in [9.17, 15) is 9.59 Å². The predicted molar refractivity (Wildman–Crippen MR) is 93.2 cm³/mol. The highest BCUT2D eigenvalue weighted by Gasteiger charge is 2.17. The largest absolute Gasteiger partial charge is 0.364 e. The van der Waals surface area contributed by atoms with Crippen LogP contribution < -0.4 is 11.1 Å². The first-order valence-corrected chi connectivity index (χ1v) is 7.67. The van der Waals surface area contributed by atoms with Crippen LogP contribution in [0.3, 0.4) is 0 Å². The Morgan fingerprint density at radius 1 is 1.12 bits per heavy atom. The Morgan fingerprint density at radius 2 is 1.88 bits per heavy atom. The molecule has 0 saturated carbocycles. The monoisotopic (exact) mass is 335 g/mol. The highest BCUT2D eigenvalue weighted by Crippen LogP contribution is 2.15. The van der Waals surface area contributed by atoms with E-state index in [1.165, 1.54) is 12.3 Å². The lowest BCUT2D eigenvalue weighted by Crippen LogP contribution is -2.18. The van der Waals surface area contributed by atoms with E-state index in [1.807, 2.05) is 30.3 Å². The van der Waals surface area contributed by atoms with Crippen molar-refractivity contribution >= 4 is 17.6 Å². The molecular formula is C18H17N5O2. The lowest BCUT2D eigenvalue weighted by Gasteiger charge is -2.08. The standard InChI is InChI=1S/C18H17N5O2/c1-23-15(10-12-6-3-2-4-7-12)13(11-20-23)18(25)22-16-9-5-8-14(21-16)17(19)24/h2-9,11H,10H2,1H3,(H2,19,24)(H,21,22,25). The summed E-state index contributed by atoms with van der Waals surface area (Å²) in [5.74, 6) is -0.730. The van der Waals surface area contributed by atoms with Crippen LogP contribution in [0, 0.1) is 0 Å². The maximum atomic E-state index is 12.6. The zero-order valence-electron chi connectivity index (χ0n) is 13.6. The van der Waals surface area contributed by atoms with Gasteiger partial charge in [-0.05, 0) is 17.7 Å². The van der Waals surface area contributed by atoms with Crippen molar-refractivity contribution in [2.45, 2.75) is 6.42 Å². The summed E-state index contributed by atoms with van der Waals surface area (Å²) in [5.41, 5.74) is 7.62. The van der Waals surface area contributed by atoms with Crippen LogP contribution in [0.4, 0.5) is 5.82 Å². The quantitative estimate of drug-likeness (QED) is 0.741. The van der Waals surface area contributed by atoms with Crippen molar-refractivity contribution in [1.82, 2.24) is 14.8 Å². The van der Waals surface area contributed by atoms with Crippen LogP contribution in [0.1, 0.15) is 32.1 Å². The first-order chi connectivity index (χ1) is 12.0. The van der Waals surface area contributed by atoms with Crippen LogP contribution in [0.5, 0.6) is 0 Å². The molecule has 126 valence electrons. The minimum Gasteiger partial charge on any atom is -0.364 e. The van der Waals surface area contributed by atoms with Gasteiger partial charge < -0.3 is 11.1 Å². The van der Waals surface area contributed by atoms with Crippen LogP contribution in [0.2, 0.25) is 0 Å². The zero-order chi connectivity index (χ0) is 17.8. The van der Waals surface area contributed by atoms with Crippen LogP contribution >= 0.6 is 0 Å². The number of carbonyl (C=O) groups is 2. The van der Waals surface area contributed by atoms with E-state index in [0.717, 1.165) is 11.3 Å². The van der Waals surface area contributed by atoms with Gasteiger partial charge in [-0.3, -0.25) is 14.3 Å². The number of hydrogen-bond donors (Lipinski definition) is 2. The Bertz CT molecular complexity index is 918. The first-order valence-electron chi connectivity index (χ1n) is 7.67. The summed E-state index contributed by atoms with van der Waals surface area (Å²) in [6.07, 6.45) is 2.10. The van der Waals surface area contributed by atoms with Gasteiger partial charge in [0.05, 0.1) is 17.5 Å². The molecule has 0 aliphatic carbocycles. The zero-order valence-corrected chi connectivity index (χ0v) is 13.6. The fourth-order valence-corrected chi connectivity index (χ4v) is 2.48. The van der Waals surface area contributed by atoms with Crippen LogP contribution in [0.25, 0.3) is 0 Å². The summed E-state index contributed by atoms with van der Waals surface area (Å²) in [6.45, 7) is 0. The molecule has 2 amide bonds. The van der Waals surface area contributed by atoms with Crippen LogP contribution in [-0.4, -0.2) is 26.6 Å². The SMILES string of the molecule is Cn1ncc(C(=O)Nc2cccc(C(N)=O)n2)c1Cc1ccccc1. The van der Waals surface area contributed by atoms with E-state index in [4.69, 9.17) is 5.73 Å². The van der Waals surface area contributed by atoms with Gasteiger partial charge in [-0.25, -0.2) is 4.98 Å². The van der Waals surface area contributed by atoms with Crippen LogP contribution in [-0.2, 0) is 13.5 Å². The molecule has 2 aromatic heterocycles. The Morgan fingerprint density at radius 3 is 2.60 bits per heavy atom. The van der Waals surface area contributed by atoms with Gasteiger partial charge in [0.2, 0.25) is 0 Å². The van der Waals surface area contributed by atoms with E-state index in [0.29, 0.717) is 12.0 Å². The van der Waals surface area contributed by atoms with Gasteiger partial charge in [0, 0.05) is 13.5 Å². The second-order valence-corrected chi connectivity index (χ2v) is 5.52. The number of pyridine rings is 1. The average molecular weight is 335 g/mol. The summed E-state index contributed by atoms with van der Waals surface area (Å²) < 4.78 is 1.68. The van der Waals surface area contributed by atoms with Crippen molar-refractivity contribution in [2.75, 3.05) is 5.32 Å². The molecule has 1 aromatic carbocycles. The molecule has 7 heteroatoms. The number of aromatic nitrogens is 3. The predicted octanol–water partition coefficient (Wildman–Crippen LogP) is 1.76. The third kappa shape index (κ3) is 3.72. The van der Waals surface area contributed by atoms with Crippen molar-refractivity contribution in [2.24, 2.45) is 12.8 Å². The summed E-state index contributed by atoms with van der Waals surface area (Å²) in [4.78, 5) is 27.8. The second kappa shape index (κ2) is 6.96. The molecule has 0 unspecified atom stereocenters. The molecule has 0 fully saturated rings. The van der Waals surface area contributed by atoms with Gasteiger partial charge in [0.15, 0.2) is 0 Å². The minimum atomic E-state index is -0.651. The maximum absolute atomic E-state index is 12.6. The normalized spacial score (nSPS) is 10.4. The van der Waals surface area contributed by atoms with E-state index < -0.39 is 5.91 Å². The third-order valence-corrected chi connectivity index (χ3v) is 3.76. The number of carbonyl (C=O) groups excluding carboxylic acids is 2. The molecular weight excluding hydrogens is 318 g/mol. The average Bonchev–Trinajstić information content (AvgIpc) is 2.97. The molecule has 0 saturated heterocycles. The fourth-order valence-electron chi connectivity index (χ4n) is 2.48. The number of benzene rings is 1. The van der Waals surface area contributed by atoms with Gasteiger partial charge in [-0.1, -0.05) is 36.4 Å². The molecule has 0 spiro atoms. The molecule has 0 atom stereocenters. The van der Waals surface area contributed by atoms with Crippen LogP contribution in [0.15, 0.2) is 54.7 Å². The molecule has 3 aromatic rings. The maximum Gasteiger partial charge on any atom is 0.267 e. The van der Waals surface area contributed by atoms with Gasteiger partial charge >= 0.3 is 0 Å². The summed E-state index contributed by atoms with van der Waals surface area (Å²) >= 11 is 0. The summed E-state index contributed by atoms with van der Waals surface area (Å²) in [5, 5.41) is 6.86. The second-order valence-electron chi connectivity index (χ2n) is 5.52. The number of anilines is 1. The molecule has 0 bridgehead atoms. The van der Waals surface area contributed by atoms with E-state index >= 15 is 0 Å². The number of amides is 2. The Balaban J connectivity index is 1.83. The number of rotatable bonds is 5. The number of aryl methyl sites for hydroxylation is 1. The van der Waals surface area contributed by atoms with Crippen molar-refractivity contribution in [3.8, 4) is 0 Å². The molecule has 2 heterocycles. The van der Waals surface area contributed by atoms with Crippen molar-refractivity contribution in [3.63, 3.8) is 0 Å². The molecule has 0 aliphatic rings. The number of nitrogens with one attached hydrogen (secondary N) is 1. The van der Waals surface area contributed by atoms with E-state index in [2.05, 4.69) is 15.4 Å². The highest BCUT2D eigenvalue weighted by atomic mass is 16.2. The molecule has 0 radical (unpaired) electrons. The molecule has 25 heavy (non-hydrogen) atoms. The Hall–Kier alpha value is -3.48. The van der Waals surface area contributed by atoms with Gasteiger partial charge in [0.25, 0.3) is 11.8 Å². The number of hydrogen-bond acceptors (Lipinski definition) is 4. The van der Waals surface area contributed by atoms with Crippen molar-refractivity contribution in [3.05, 3.63) is 77.2 Å². The number of nitrogens with zero attached hydrogens (tertiary/aromatic N) is 3. The Labute approximate surface area is 144 Å². The Kier molecular flexibility index (Phi) is 4.56. The number of primary amides is 1. The first kappa shape index (κ1) is 16.4. The smallest absolute Gasteiger partial charge is 0.267 e. The number of nitrogens with two attached hydrogens (primary N) is 1. The van der Waals surface area contributed by atoms with Crippen molar-refractivity contribution < 1.29 is 9.59 Å². The highest BCUT2D eigenvalue weighted by molar-refractivity contribution is 6.04. The van der Waals surface area contributed by atoms with Gasteiger partial charge in [0.1, 0.15) is 11.5 Å².